The van der Waals surface area contributed by atoms with Crippen LogP contribution in [-0.4, -0.2) is 30.5 Å². The summed E-state index contributed by atoms with van der Waals surface area (Å²) in [6.45, 7) is 2.69. The fourth-order valence-electron chi connectivity index (χ4n) is 2.93. The zero-order valence-electron chi connectivity index (χ0n) is 13.0. The van der Waals surface area contributed by atoms with Crippen LogP contribution in [0.3, 0.4) is 0 Å². The van der Waals surface area contributed by atoms with E-state index in [4.69, 9.17) is 0 Å². The summed E-state index contributed by atoms with van der Waals surface area (Å²) >= 11 is 0. The molecule has 1 aliphatic rings. The number of para-hydroxylation sites is 1. The molecule has 23 heavy (non-hydrogen) atoms. The predicted molar refractivity (Wildman–Crippen MR) is 98.5 cm³/mol. The molecule has 4 nitrogen and oxygen atoms in total. The van der Waals surface area contributed by atoms with Crippen molar-refractivity contribution in [2.24, 2.45) is 5.92 Å². The van der Waals surface area contributed by atoms with Crippen molar-refractivity contribution in [3.8, 4) is 0 Å². The molecule has 0 saturated carbocycles. The van der Waals surface area contributed by atoms with Gasteiger partial charge in [-0.25, -0.2) is 0 Å². The molecule has 0 aliphatic carbocycles. The highest BCUT2D eigenvalue weighted by Gasteiger charge is 2.17. The van der Waals surface area contributed by atoms with Crippen molar-refractivity contribution in [2.75, 3.05) is 19.6 Å². The van der Waals surface area contributed by atoms with E-state index in [9.17, 15) is 4.79 Å². The Labute approximate surface area is 149 Å². The Morgan fingerprint density at radius 2 is 2.09 bits per heavy atom. The maximum absolute atomic E-state index is 11.9. The molecule has 6 heteroatoms. The lowest BCUT2D eigenvalue weighted by atomic mass is 10.0. The van der Waals surface area contributed by atoms with Gasteiger partial charge < -0.3 is 10.6 Å². The standard InChI is InChI=1S/C17H21N3O.2ClH/c21-16(11-13-6-9-18-12-13)19-10-7-15-4-1-3-14-5-2-8-20-17(14)15;;/h1-5,8,13,18H,6-7,9-12H2,(H,19,21);2*1H. The molecule has 0 radical (unpaired) electrons. The molecule has 126 valence electrons. The number of hydrogen-bond donors (Lipinski definition) is 2. The van der Waals surface area contributed by atoms with Crippen molar-refractivity contribution in [2.45, 2.75) is 19.3 Å². The van der Waals surface area contributed by atoms with Crippen LogP contribution in [0.1, 0.15) is 18.4 Å². The van der Waals surface area contributed by atoms with Gasteiger partial charge >= 0.3 is 0 Å². The molecule has 1 saturated heterocycles. The summed E-state index contributed by atoms with van der Waals surface area (Å²) in [7, 11) is 0. The maximum atomic E-state index is 11.9. The SMILES string of the molecule is Cl.Cl.O=C(CC1CCNC1)NCCc1cccc2cccnc12. The minimum Gasteiger partial charge on any atom is -0.356 e. The van der Waals surface area contributed by atoms with Gasteiger partial charge in [-0.15, -0.1) is 24.8 Å². The minimum atomic E-state index is 0. The van der Waals surface area contributed by atoms with Gasteiger partial charge in [0.1, 0.15) is 0 Å². The third-order valence-corrected chi connectivity index (χ3v) is 4.07. The zero-order chi connectivity index (χ0) is 14.5. The van der Waals surface area contributed by atoms with Gasteiger partial charge in [-0.3, -0.25) is 9.78 Å². The highest BCUT2D eigenvalue weighted by Crippen LogP contribution is 2.16. The smallest absolute Gasteiger partial charge is 0.220 e. The number of benzene rings is 1. The van der Waals surface area contributed by atoms with Crippen molar-refractivity contribution in [1.82, 2.24) is 15.6 Å². The summed E-state index contributed by atoms with van der Waals surface area (Å²) in [5, 5.41) is 7.47. The zero-order valence-corrected chi connectivity index (χ0v) is 14.6. The van der Waals surface area contributed by atoms with E-state index in [-0.39, 0.29) is 30.7 Å². The second-order valence-corrected chi connectivity index (χ2v) is 5.66. The number of nitrogens with one attached hydrogen (secondary N) is 2. The van der Waals surface area contributed by atoms with Crippen molar-refractivity contribution in [1.29, 1.82) is 0 Å². The molecule has 0 spiro atoms. The Balaban J connectivity index is 0.00000132. The quantitative estimate of drug-likeness (QED) is 0.866. The largest absolute Gasteiger partial charge is 0.356 e. The summed E-state index contributed by atoms with van der Waals surface area (Å²) in [5.41, 5.74) is 2.23. The van der Waals surface area contributed by atoms with E-state index in [0.717, 1.165) is 36.8 Å². The van der Waals surface area contributed by atoms with E-state index in [0.29, 0.717) is 18.9 Å². The predicted octanol–water partition coefficient (Wildman–Crippen LogP) is 2.74. The van der Waals surface area contributed by atoms with E-state index in [1.54, 1.807) is 0 Å². The summed E-state index contributed by atoms with van der Waals surface area (Å²) in [6, 6.07) is 10.2. The third-order valence-electron chi connectivity index (χ3n) is 4.07. The van der Waals surface area contributed by atoms with Gasteiger partial charge in [-0.05, 0) is 43.5 Å². The number of carbonyl (C=O) groups is 1. The van der Waals surface area contributed by atoms with Crippen LogP contribution in [0.2, 0.25) is 0 Å². The van der Waals surface area contributed by atoms with Crippen LogP contribution >= 0.6 is 24.8 Å². The van der Waals surface area contributed by atoms with E-state index in [1.807, 2.05) is 18.3 Å². The van der Waals surface area contributed by atoms with Gasteiger partial charge in [0.2, 0.25) is 5.91 Å². The first-order valence-electron chi connectivity index (χ1n) is 7.63. The topological polar surface area (TPSA) is 54.0 Å². The van der Waals surface area contributed by atoms with Crippen molar-refractivity contribution < 1.29 is 4.79 Å². The Bertz CT molecular complexity index is 625. The van der Waals surface area contributed by atoms with Gasteiger partial charge in [0, 0.05) is 24.5 Å². The van der Waals surface area contributed by atoms with Crippen LogP contribution in [-0.2, 0) is 11.2 Å². The van der Waals surface area contributed by atoms with Crippen LogP contribution < -0.4 is 10.6 Å². The molecule has 1 unspecified atom stereocenters. The molecule has 1 aromatic carbocycles. The van der Waals surface area contributed by atoms with E-state index >= 15 is 0 Å². The number of pyridine rings is 1. The Morgan fingerprint density at radius 3 is 2.87 bits per heavy atom. The normalized spacial score (nSPS) is 16.4. The second-order valence-electron chi connectivity index (χ2n) is 5.66. The van der Waals surface area contributed by atoms with Crippen LogP contribution in [0.25, 0.3) is 10.9 Å². The lowest BCUT2D eigenvalue weighted by Gasteiger charge is -2.10. The van der Waals surface area contributed by atoms with Crippen LogP contribution in [0, 0.1) is 5.92 Å². The van der Waals surface area contributed by atoms with Gasteiger partial charge in [0.15, 0.2) is 0 Å². The molecule has 1 aliphatic heterocycles. The summed E-state index contributed by atoms with van der Waals surface area (Å²) in [5.74, 6) is 0.668. The van der Waals surface area contributed by atoms with Crippen molar-refractivity contribution in [3.63, 3.8) is 0 Å². The molecule has 2 heterocycles. The molecule has 1 fully saturated rings. The van der Waals surface area contributed by atoms with Crippen LogP contribution in [0.4, 0.5) is 0 Å². The highest BCUT2D eigenvalue weighted by atomic mass is 35.5. The fraction of sp³-hybridized carbons (Fsp3) is 0.412. The highest BCUT2D eigenvalue weighted by molar-refractivity contribution is 5.85. The monoisotopic (exact) mass is 355 g/mol. The van der Waals surface area contributed by atoms with E-state index < -0.39 is 0 Å². The second kappa shape index (κ2) is 9.71. The van der Waals surface area contributed by atoms with Crippen LogP contribution in [0.5, 0.6) is 0 Å². The van der Waals surface area contributed by atoms with Gasteiger partial charge in [0.25, 0.3) is 0 Å². The lowest BCUT2D eigenvalue weighted by Crippen LogP contribution is -2.28. The number of hydrogen-bond acceptors (Lipinski definition) is 3. The number of nitrogens with zero attached hydrogens (tertiary/aromatic N) is 1. The number of fused-ring (bicyclic) bond motifs is 1. The number of rotatable bonds is 5. The molecule has 3 rings (SSSR count). The lowest BCUT2D eigenvalue weighted by molar-refractivity contribution is -0.121. The molecule has 1 atom stereocenters. The van der Waals surface area contributed by atoms with E-state index in [1.165, 1.54) is 5.56 Å². The summed E-state index contributed by atoms with van der Waals surface area (Å²) in [6.07, 6.45) is 4.39. The molecule has 2 N–H and O–H groups in total. The van der Waals surface area contributed by atoms with E-state index in [2.05, 4.69) is 33.8 Å². The number of aromatic nitrogens is 1. The molecular weight excluding hydrogens is 333 g/mol. The first kappa shape index (κ1) is 19.7. The Morgan fingerprint density at radius 1 is 1.26 bits per heavy atom. The molecule has 1 aromatic heterocycles. The van der Waals surface area contributed by atoms with Crippen molar-refractivity contribution >= 4 is 41.6 Å². The molecule has 1 amide bonds. The molecule has 2 aromatic rings. The van der Waals surface area contributed by atoms with Crippen LogP contribution in [0.15, 0.2) is 36.5 Å². The Hall–Kier alpha value is -1.36. The summed E-state index contributed by atoms with van der Waals surface area (Å²) < 4.78 is 0. The number of halogens is 2. The maximum Gasteiger partial charge on any atom is 0.220 e. The van der Waals surface area contributed by atoms with Crippen molar-refractivity contribution in [3.05, 3.63) is 42.1 Å². The van der Waals surface area contributed by atoms with Gasteiger partial charge in [-0.2, -0.15) is 0 Å². The Kier molecular flexibility index (Phi) is 8.31. The number of carbonyl (C=O) groups excluding carboxylic acids is 1. The summed E-state index contributed by atoms with van der Waals surface area (Å²) in [4.78, 5) is 16.3. The number of amides is 1. The van der Waals surface area contributed by atoms with Gasteiger partial charge in [0.05, 0.1) is 5.52 Å². The first-order chi connectivity index (χ1) is 10.3. The molecule has 0 bridgehead atoms. The fourth-order valence-corrected chi connectivity index (χ4v) is 2.93. The van der Waals surface area contributed by atoms with Gasteiger partial charge in [-0.1, -0.05) is 24.3 Å². The minimum absolute atomic E-state index is 0. The third kappa shape index (κ3) is 5.34. The average molecular weight is 356 g/mol. The first-order valence-corrected chi connectivity index (χ1v) is 7.63. The average Bonchev–Trinajstić information content (AvgIpc) is 3.00. The molecular formula is C17H23Cl2N3O.